The molecule has 2 amide bonds. The molecule has 4 heterocycles. The number of nitrogens with zero attached hydrogens (tertiary/aromatic N) is 5. The van der Waals surface area contributed by atoms with E-state index in [1.807, 2.05) is 5.10 Å². The predicted octanol–water partition coefficient (Wildman–Crippen LogP) is -3.32. The van der Waals surface area contributed by atoms with Crippen molar-refractivity contribution in [3.63, 3.8) is 0 Å². The first-order chi connectivity index (χ1) is 20.8. The van der Waals surface area contributed by atoms with Gasteiger partial charge >= 0.3 is 23.1 Å². The zero-order valence-electron chi connectivity index (χ0n) is 22.0. The summed E-state index contributed by atoms with van der Waals surface area (Å²) in [5.41, 5.74) is 2.65. The van der Waals surface area contributed by atoms with E-state index in [1.165, 1.54) is 5.38 Å². The molecular formula is C22H22N8O11S3. The Balaban J connectivity index is 1.56. The monoisotopic (exact) mass is 670 g/mol. The summed E-state index contributed by atoms with van der Waals surface area (Å²) in [5, 5.41) is 50.1. The van der Waals surface area contributed by atoms with Gasteiger partial charge in [-0.2, -0.15) is 5.10 Å². The maximum absolute atomic E-state index is 13.1. The summed E-state index contributed by atoms with van der Waals surface area (Å²) in [4.78, 5) is 82.9. The Labute approximate surface area is 258 Å². The Morgan fingerprint density at radius 2 is 2.02 bits per heavy atom. The van der Waals surface area contributed by atoms with Crippen molar-refractivity contribution < 1.29 is 44.4 Å². The number of aromatic amines is 1. The highest BCUT2D eigenvalue weighted by molar-refractivity contribution is 8.00. The molecule has 3 unspecified atom stereocenters. The first-order valence-electron chi connectivity index (χ1n) is 12.2. The number of carbonyl (C=O) groups is 4. The Morgan fingerprint density at radius 1 is 1.30 bits per heavy atom. The number of thioether (sulfide) groups is 1. The van der Waals surface area contributed by atoms with Crippen LogP contribution in [0.2, 0.25) is 0 Å². The summed E-state index contributed by atoms with van der Waals surface area (Å²) in [6, 6.07) is -1.21. The lowest BCUT2D eigenvalue weighted by molar-refractivity contribution is -0.150. The molecule has 0 saturated carbocycles. The van der Waals surface area contributed by atoms with Crippen molar-refractivity contribution in [2.45, 2.75) is 30.5 Å². The van der Waals surface area contributed by atoms with Gasteiger partial charge in [0.25, 0.3) is 11.8 Å². The second kappa shape index (κ2) is 13.4. The molecule has 0 spiro atoms. The number of hydrogen-bond acceptors (Lipinski definition) is 16. The van der Waals surface area contributed by atoms with Crippen LogP contribution in [-0.2, 0) is 30.6 Å². The zero-order chi connectivity index (χ0) is 32.3. The van der Waals surface area contributed by atoms with E-state index in [0.29, 0.717) is 0 Å². The number of oxime groups is 1. The number of nitrogens with two attached hydrogens (primary N) is 1. The molecule has 2 aliphatic heterocycles. The van der Waals surface area contributed by atoms with Crippen LogP contribution in [0.1, 0.15) is 17.9 Å². The minimum Gasteiger partial charge on any atom is -0.479 e. The summed E-state index contributed by atoms with van der Waals surface area (Å²) in [6.45, 7) is -2.11. The molecule has 2 aliphatic rings. The molecular weight excluding hydrogens is 648 g/mol. The van der Waals surface area contributed by atoms with E-state index in [9.17, 15) is 39.0 Å². The quantitative estimate of drug-likeness (QED) is 0.0274. The average molecular weight is 671 g/mol. The van der Waals surface area contributed by atoms with E-state index in [2.05, 4.69) is 25.4 Å². The molecule has 19 nitrogen and oxygen atoms in total. The van der Waals surface area contributed by atoms with E-state index in [1.54, 1.807) is 0 Å². The van der Waals surface area contributed by atoms with Crippen molar-refractivity contribution >= 4 is 74.8 Å². The summed E-state index contributed by atoms with van der Waals surface area (Å²) in [6.07, 6.45) is -1.71. The molecule has 1 fully saturated rings. The lowest BCUT2D eigenvalue weighted by atomic mass is 10.00. The molecule has 3 atom stereocenters. The van der Waals surface area contributed by atoms with Crippen molar-refractivity contribution in [2.24, 2.45) is 5.16 Å². The van der Waals surface area contributed by atoms with Gasteiger partial charge in [-0.1, -0.05) is 17.4 Å². The van der Waals surface area contributed by atoms with Gasteiger partial charge < -0.3 is 36.3 Å². The molecule has 8 N–H and O–H groups in total. The minimum atomic E-state index is -1.48. The fourth-order valence-electron chi connectivity index (χ4n) is 4.14. The topological polar surface area (TPSA) is 293 Å². The zero-order valence-corrected chi connectivity index (χ0v) is 24.5. The van der Waals surface area contributed by atoms with E-state index >= 15 is 0 Å². The Morgan fingerprint density at radius 3 is 2.64 bits per heavy atom. The SMILES string of the molecule is Nc1nc(C(=NOCC(=O)O)C(=O)NC2C(=O)N3C(C(=O)O)=C(CC(=S)c4n[nH]c(=O)c(=O)n4CC(O)CO)CSC23)cs1. The van der Waals surface area contributed by atoms with Crippen molar-refractivity contribution in [1.82, 2.24) is 30.0 Å². The lowest BCUT2D eigenvalue weighted by Gasteiger charge is -2.49. The summed E-state index contributed by atoms with van der Waals surface area (Å²) in [5.74, 6) is -4.82. The van der Waals surface area contributed by atoms with Gasteiger partial charge in [-0.05, 0) is 5.57 Å². The number of aromatic nitrogens is 4. The van der Waals surface area contributed by atoms with Gasteiger partial charge in [0.15, 0.2) is 16.7 Å². The lowest BCUT2D eigenvalue weighted by Crippen LogP contribution is -2.71. The standard InChI is InChI=1S/C22H22N8O11S3/c23-22-24-9(6-44-22)12(28-41-4-11(33)34)16(35)25-13-18(37)30-14(21(39)40)7(5-43-20(13)30)1-10(42)15-26-27-17(36)19(38)29(15)2-8(32)3-31/h6,8,13,20,31-32H,1-5H2,(H2,23,24)(H,25,35)(H,27,36)(H,33,34)(H,39,40). The highest BCUT2D eigenvalue weighted by Crippen LogP contribution is 2.41. The van der Waals surface area contributed by atoms with Gasteiger partial charge in [0.1, 0.15) is 22.8 Å². The molecule has 22 heteroatoms. The molecule has 2 aromatic heterocycles. The van der Waals surface area contributed by atoms with Crippen LogP contribution in [0.3, 0.4) is 0 Å². The number of hydrogen-bond donors (Lipinski definition) is 7. The number of carboxylic acid groups (broad SMARTS) is 2. The number of carboxylic acids is 2. The highest BCUT2D eigenvalue weighted by Gasteiger charge is 2.54. The van der Waals surface area contributed by atoms with Crippen LogP contribution in [0.4, 0.5) is 5.13 Å². The second-order valence-corrected chi connectivity index (χ2v) is 11.5. The number of nitrogens with one attached hydrogen (secondary N) is 2. The number of anilines is 1. The van der Waals surface area contributed by atoms with E-state index in [4.69, 9.17) is 28.2 Å². The van der Waals surface area contributed by atoms with Crippen molar-refractivity contribution in [2.75, 3.05) is 24.7 Å². The maximum Gasteiger partial charge on any atom is 0.352 e. The molecule has 0 bridgehead atoms. The predicted molar refractivity (Wildman–Crippen MR) is 155 cm³/mol. The van der Waals surface area contributed by atoms with Crippen LogP contribution < -0.4 is 22.2 Å². The highest BCUT2D eigenvalue weighted by atomic mass is 32.2. The second-order valence-electron chi connectivity index (χ2n) is 9.02. The van der Waals surface area contributed by atoms with E-state index < -0.39 is 83.6 Å². The number of H-pyrrole nitrogens is 1. The molecule has 44 heavy (non-hydrogen) atoms. The third kappa shape index (κ3) is 6.67. The largest absolute Gasteiger partial charge is 0.479 e. The first kappa shape index (κ1) is 32.4. The Hall–Kier alpha value is -4.51. The molecule has 0 aliphatic carbocycles. The molecule has 4 rings (SSSR count). The molecule has 2 aromatic rings. The maximum atomic E-state index is 13.1. The summed E-state index contributed by atoms with van der Waals surface area (Å²) < 4.78 is 0.761. The van der Waals surface area contributed by atoms with Crippen LogP contribution in [0.5, 0.6) is 0 Å². The van der Waals surface area contributed by atoms with Gasteiger partial charge in [-0.15, -0.1) is 23.1 Å². The van der Waals surface area contributed by atoms with Crippen molar-refractivity contribution in [1.29, 1.82) is 0 Å². The number of aliphatic hydroxyl groups is 2. The fourth-order valence-corrected chi connectivity index (χ4v) is 6.36. The number of aliphatic hydroxyl groups excluding tert-OH is 2. The van der Waals surface area contributed by atoms with E-state index in [-0.39, 0.29) is 39.3 Å². The molecule has 234 valence electrons. The number of β-lactam (4-membered cyclic amide) rings is 1. The van der Waals surface area contributed by atoms with Crippen molar-refractivity contribution in [3.05, 3.63) is 48.9 Å². The third-order valence-electron chi connectivity index (χ3n) is 6.05. The van der Waals surface area contributed by atoms with Gasteiger partial charge in [-0.3, -0.25) is 28.6 Å². The smallest absolute Gasteiger partial charge is 0.352 e. The molecule has 0 aromatic carbocycles. The summed E-state index contributed by atoms with van der Waals surface area (Å²) in [7, 11) is 0. The van der Waals surface area contributed by atoms with Crippen LogP contribution >= 0.6 is 35.3 Å². The fraction of sp³-hybridized carbons (Fsp3) is 0.364. The minimum absolute atomic E-state index is 0.0146. The number of nitrogen functional groups attached to an aromatic ring is 1. The number of rotatable bonds is 13. The number of carbonyl (C=O) groups excluding carboxylic acids is 2. The van der Waals surface area contributed by atoms with Crippen molar-refractivity contribution in [3.8, 4) is 0 Å². The normalized spacial score (nSPS) is 18.7. The number of thiocarbonyl (C=S) groups is 1. The first-order valence-corrected chi connectivity index (χ1v) is 14.5. The summed E-state index contributed by atoms with van der Waals surface area (Å²) >= 11 is 7.45. The van der Waals surface area contributed by atoms with Gasteiger partial charge in [-0.25, -0.2) is 19.7 Å². The molecule has 0 radical (unpaired) electrons. The van der Waals surface area contributed by atoms with Crippen LogP contribution in [0, 0.1) is 0 Å². The van der Waals surface area contributed by atoms with Gasteiger partial charge in [0.2, 0.25) is 6.61 Å². The van der Waals surface area contributed by atoms with E-state index in [0.717, 1.165) is 32.6 Å². The number of amides is 2. The average Bonchev–Trinajstić information content (AvgIpc) is 3.41. The molecule has 1 saturated heterocycles. The van der Waals surface area contributed by atoms with Crippen LogP contribution in [0.25, 0.3) is 0 Å². The number of aliphatic carboxylic acids is 2. The number of fused-ring (bicyclic) bond motifs is 1. The van der Waals surface area contributed by atoms with Crippen LogP contribution in [0.15, 0.2) is 31.4 Å². The Bertz CT molecular complexity index is 1710. The Kier molecular flexibility index (Phi) is 9.88. The van der Waals surface area contributed by atoms with Crippen LogP contribution in [-0.4, -0.2) is 116 Å². The van der Waals surface area contributed by atoms with Gasteiger partial charge in [0, 0.05) is 17.6 Å². The number of thiazole rings is 1. The van der Waals surface area contributed by atoms with Gasteiger partial charge in [0.05, 0.1) is 24.1 Å². The third-order valence-corrected chi connectivity index (χ3v) is 8.39.